The van der Waals surface area contributed by atoms with Gasteiger partial charge in [0.1, 0.15) is 11.4 Å². The minimum Gasteiger partial charge on any atom is -0.357 e. The maximum Gasteiger partial charge on any atom is 0.145 e. The van der Waals surface area contributed by atoms with Gasteiger partial charge in [-0.05, 0) is 19.9 Å². The van der Waals surface area contributed by atoms with Crippen LogP contribution in [0.25, 0.3) is 10.9 Å². The van der Waals surface area contributed by atoms with Crippen LogP contribution in [-0.4, -0.2) is 10.6 Å². The molecular formula is C12H12N4. The van der Waals surface area contributed by atoms with Crippen LogP contribution in [0.15, 0.2) is 40.7 Å². The predicted octanol–water partition coefficient (Wildman–Crippen LogP) is 3.48. The molecule has 0 atom stereocenters. The first-order valence-electron chi connectivity index (χ1n) is 5.25. The molecule has 4 heteroatoms. The van der Waals surface area contributed by atoms with Gasteiger partial charge in [-0.15, -0.1) is 0 Å². The van der Waals surface area contributed by atoms with Gasteiger partial charge < -0.3 is 5.32 Å². The van der Waals surface area contributed by atoms with Crippen LogP contribution in [0.3, 0.4) is 0 Å². The lowest BCUT2D eigenvalue weighted by Crippen LogP contribution is -2.29. The average Bonchev–Trinajstić information content (AvgIpc) is 2.27. The van der Waals surface area contributed by atoms with Crippen molar-refractivity contribution < 1.29 is 0 Å². The van der Waals surface area contributed by atoms with Crippen LogP contribution < -0.4 is 5.32 Å². The van der Waals surface area contributed by atoms with Crippen molar-refractivity contribution in [3.05, 3.63) is 30.5 Å². The summed E-state index contributed by atoms with van der Waals surface area (Å²) in [7, 11) is 0. The van der Waals surface area contributed by atoms with Gasteiger partial charge in [0.25, 0.3) is 0 Å². The van der Waals surface area contributed by atoms with Gasteiger partial charge in [-0.1, -0.05) is 18.2 Å². The molecule has 0 saturated heterocycles. The van der Waals surface area contributed by atoms with E-state index in [1.807, 2.05) is 44.3 Å². The van der Waals surface area contributed by atoms with Crippen molar-refractivity contribution in [1.29, 1.82) is 0 Å². The number of para-hydroxylation sites is 1. The lowest BCUT2D eigenvalue weighted by Gasteiger charge is -2.26. The molecule has 1 aromatic heterocycles. The number of fused-ring (bicyclic) bond motifs is 3. The van der Waals surface area contributed by atoms with Crippen LogP contribution in [0.1, 0.15) is 13.8 Å². The van der Waals surface area contributed by atoms with Gasteiger partial charge in [0.15, 0.2) is 0 Å². The lowest BCUT2D eigenvalue weighted by atomic mass is 10.1. The van der Waals surface area contributed by atoms with Crippen LogP contribution >= 0.6 is 0 Å². The molecule has 0 aliphatic carbocycles. The second-order valence-electron chi connectivity index (χ2n) is 4.42. The van der Waals surface area contributed by atoms with E-state index in [1.54, 1.807) is 0 Å². The van der Waals surface area contributed by atoms with Crippen LogP contribution in [0.5, 0.6) is 0 Å². The largest absolute Gasteiger partial charge is 0.357 e. The van der Waals surface area contributed by atoms with E-state index in [4.69, 9.17) is 0 Å². The zero-order valence-corrected chi connectivity index (χ0v) is 9.23. The molecule has 0 saturated carbocycles. The van der Waals surface area contributed by atoms with Crippen molar-refractivity contribution >= 4 is 22.3 Å². The fourth-order valence-electron chi connectivity index (χ4n) is 1.86. The summed E-state index contributed by atoms with van der Waals surface area (Å²) in [6.45, 7) is 3.96. The maximum atomic E-state index is 4.40. The third-order valence-electron chi connectivity index (χ3n) is 2.59. The zero-order valence-electron chi connectivity index (χ0n) is 9.23. The van der Waals surface area contributed by atoms with Gasteiger partial charge in [-0.2, -0.15) is 10.2 Å². The Morgan fingerprint density at radius 1 is 1.19 bits per heavy atom. The van der Waals surface area contributed by atoms with Gasteiger partial charge in [-0.25, -0.2) is 0 Å². The fourth-order valence-corrected chi connectivity index (χ4v) is 1.86. The highest BCUT2D eigenvalue weighted by Gasteiger charge is 2.23. The van der Waals surface area contributed by atoms with E-state index in [0.717, 1.165) is 22.3 Å². The van der Waals surface area contributed by atoms with Crippen LogP contribution in [0.2, 0.25) is 0 Å². The number of nitrogens with zero attached hydrogens (tertiary/aromatic N) is 3. The molecule has 1 aromatic carbocycles. The molecule has 80 valence electrons. The van der Waals surface area contributed by atoms with E-state index in [2.05, 4.69) is 20.5 Å². The normalized spacial score (nSPS) is 16.9. The second kappa shape index (κ2) is 3.01. The molecule has 1 N–H and O–H groups in total. The number of azo groups is 1. The van der Waals surface area contributed by atoms with Crippen molar-refractivity contribution in [2.45, 2.75) is 19.5 Å². The topological polar surface area (TPSA) is 49.6 Å². The minimum absolute atomic E-state index is 0.350. The Balaban J connectivity index is 2.29. The molecule has 1 aliphatic rings. The summed E-state index contributed by atoms with van der Waals surface area (Å²) in [6, 6.07) is 7.95. The van der Waals surface area contributed by atoms with Crippen molar-refractivity contribution in [3.8, 4) is 0 Å². The van der Waals surface area contributed by atoms with E-state index >= 15 is 0 Å². The average molecular weight is 212 g/mol. The Morgan fingerprint density at radius 2 is 2.00 bits per heavy atom. The molecular weight excluding hydrogens is 200 g/mol. The summed E-state index contributed by atoms with van der Waals surface area (Å²) >= 11 is 0. The molecule has 0 amide bonds. The van der Waals surface area contributed by atoms with E-state index < -0.39 is 0 Å². The summed E-state index contributed by atoms with van der Waals surface area (Å²) in [5.74, 6) is 0. The summed E-state index contributed by atoms with van der Waals surface area (Å²) in [6.07, 6.45) is 1.82. The molecule has 3 rings (SSSR count). The molecule has 16 heavy (non-hydrogen) atoms. The molecule has 0 spiro atoms. The number of hydrogen-bond acceptors (Lipinski definition) is 4. The molecule has 2 aromatic rings. The fraction of sp³-hybridized carbons (Fsp3) is 0.250. The van der Waals surface area contributed by atoms with E-state index in [9.17, 15) is 0 Å². The Bertz CT molecular complexity index is 587. The Morgan fingerprint density at radius 3 is 2.88 bits per heavy atom. The van der Waals surface area contributed by atoms with Gasteiger partial charge >= 0.3 is 0 Å². The maximum absolute atomic E-state index is 4.40. The highest BCUT2D eigenvalue weighted by molar-refractivity contribution is 5.96. The quantitative estimate of drug-likeness (QED) is 0.726. The first-order valence-corrected chi connectivity index (χ1v) is 5.25. The Kier molecular flexibility index (Phi) is 1.74. The van der Waals surface area contributed by atoms with Crippen LogP contribution in [0, 0.1) is 0 Å². The second-order valence-corrected chi connectivity index (χ2v) is 4.42. The van der Waals surface area contributed by atoms with Gasteiger partial charge in [-0.3, -0.25) is 4.98 Å². The molecule has 0 bridgehead atoms. The van der Waals surface area contributed by atoms with Crippen LogP contribution in [-0.2, 0) is 0 Å². The number of benzene rings is 1. The van der Waals surface area contributed by atoms with E-state index in [1.165, 1.54) is 0 Å². The van der Waals surface area contributed by atoms with Crippen molar-refractivity contribution in [3.63, 3.8) is 0 Å². The predicted molar refractivity (Wildman–Crippen MR) is 64.0 cm³/mol. The number of pyridine rings is 1. The number of anilines is 1. The van der Waals surface area contributed by atoms with Gasteiger partial charge in [0.2, 0.25) is 0 Å². The van der Waals surface area contributed by atoms with Gasteiger partial charge in [0.05, 0.1) is 17.4 Å². The van der Waals surface area contributed by atoms with Crippen molar-refractivity contribution in [2.75, 3.05) is 5.32 Å². The standard InChI is InChI=1S/C12H12N4/c1-12(2)14-10-7-13-9-6-4-3-5-8(9)11(10)15-16-12/h3-7,14H,1-2H3. The Hall–Kier alpha value is -1.97. The SMILES string of the molecule is CC1(C)N=Nc2c(cnc3ccccc23)N1. The molecule has 0 fully saturated rings. The van der Waals surface area contributed by atoms with Crippen LogP contribution in [0.4, 0.5) is 11.4 Å². The van der Waals surface area contributed by atoms with Gasteiger partial charge in [0, 0.05) is 5.39 Å². The summed E-state index contributed by atoms with van der Waals surface area (Å²) in [5, 5.41) is 12.9. The number of rotatable bonds is 0. The summed E-state index contributed by atoms with van der Waals surface area (Å²) < 4.78 is 0. The molecule has 1 aliphatic heterocycles. The summed E-state index contributed by atoms with van der Waals surface area (Å²) in [5.41, 5.74) is 2.42. The van der Waals surface area contributed by atoms with Crippen molar-refractivity contribution in [2.24, 2.45) is 10.2 Å². The first kappa shape index (κ1) is 9.27. The monoisotopic (exact) mass is 212 g/mol. The molecule has 0 radical (unpaired) electrons. The molecule has 0 unspecified atom stereocenters. The number of nitrogens with one attached hydrogen (secondary N) is 1. The lowest BCUT2D eigenvalue weighted by molar-refractivity contribution is 0.559. The number of aromatic nitrogens is 1. The van der Waals surface area contributed by atoms with E-state index in [-0.39, 0.29) is 5.66 Å². The number of hydrogen-bond donors (Lipinski definition) is 1. The highest BCUT2D eigenvalue weighted by Crippen LogP contribution is 2.38. The van der Waals surface area contributed by atoms with E-state index in [0.29, 0.717) is 0 Å². The third-order valence-corrected chi connectivity index (χ3v) is 2.59. The molecule has 2 heterocycles. The summed E-state index contributed by atoms with van der Waals surface area (Å²) in [4.78, 5) is 4.40. The minimum atomic E-state index is -0.350. The first-order chi connectivity index (χ1) is 7.66. The third kappa shape index (κ3) is 1.34. The highest BCUT2D eigenvalue weighted by atomic mass is 15.3. The van der Waals surface area contributed by atoms with Crippen molar-refractivity contribution in [1.82, 2.24) is 4.98 Å². The Labute approximate surface area is 93.4 Å². The smallest absolute Gasteiger partial charge is 0.145 e. The molecule has 4 nitrogen and oxygen atoms in total. The zero-order chi connectivity index (χ0) is 11.2.